The van der Waals surface area contributed by atoms with Gasteiger partial charge in [-0.25, -0.2) is 9.78 Å². The second-order valence-corrected chi connectivity index (χ2v) is 14.0. The number of carboxylic acid groups (broad SMARTS) is 1. The van der Waals surface area contributed by atoms with Crippen molar-refractivity contribution < 1.29 is 38.7 Å². The molecule has 14 heteroatoms. The topological polar surface area (TPSA) is 205 Å². The Morgan fingerprint density at radius 1 is 0.904 bits per heavy atom. The van der Waals surface area contributed by atoms with E-state index in [2.05, 4.69) is 25.9 Å². The van der Waals surface area contributed by atoms with Crippen LogP contribution in [0.3, 0.4) is 0 Å². The van der Waals surface area contributed by atoms with E-state index in [0.717, 1.165) is 0 Å². The Morgan fingerprint density at radius 2 is 1.60 bits per heavy atom. The molecule has 1 aromatic carbocycles. The number of hydrogen-bond donors (Lipinski definition) is 4. The molecule has 0 aliphatic carbocycles. The summed E-state index contributed by atoms with van der Waals surface area (Å²) in [5.41, 5.74) is 0.795. The molecule has 14 nitrogen and oxygen atoms in total. The van der Waals surface area contributed by atoms with E-state index in [0.29, 0.717) is 24.8 Å². The molecule has 2 aromatic rings. The van der Waals surface area contributed by atoms with Crippen molar-refractivity contribution in [2.24, 2.45) is 23.7 Å². The highest BCUT2D eigenvalue weighted by atomic mass is 16.4. The Balaban J connectivity index is 1.77. The van der Waals surface area contributed by atoms with Crippen LogP contribution in [0.15, 0.2) is 48.9 Å². The molecule has 4 amide bonds. The smallest absolute Gasteiger partial charge is 0.326 e. The zero-order valence-electron chi connectivity index (χ0n) is 30.8. The van der Waals surface area contributed by atoms with Gasteiger partial charge in [0.15, 0.2) is 5.78 Å². The number of carboxylic acids is 1. The zero-order chi connectivity index (χ0) is 38.5. The number of rotatable bonds is 19. The second-order valence-electron chi connectivity index (χ2n) is 14.0. The van der Waals surface area contributed by atoms with E-state index in [9.17, 15) is 38.7 Å². The van der Waals surface area contributed by atoms with Gasteiger partial charge >= 0.3 is 5.97 Å². The molecule has 1 saturated heterocycles. The number of aliphatic carboxylic acids is 1. The Kier molecular flexibility index (Phi) is 15.6. The maximum Gasteiger partial charge on any atom is 0.326 e. The lowest BCUT2D eigenvalue weighted by atomic mass is 9.88. The number of Topliss-reactive ketones (excluding diaryl/α,β-unsaturated/α-hetero) is 2. The van der Waals surface area contributed by atoms with E-state index in [1.54, 1.807) is 51.1 Å². The summed E-state index contributed by atoms with van der Waals surface area (Å²) in [6.45, 7) is 11.1. The Hall–Kier alpha value is -5.01. The van der Waals surface area contributed by atoms with Crippen LogP contribution in [-0.4, -0.2) is 91.9 Å². The molecule has 0 saturated carbocycles. The lowest BCUT2D eigenvalue weighted by Crippen LogP contribution is -2.59. The first-order valence-corrected chi connectivity index (χ1v) is 18.0. The van der Waals surface area contributed by atoms with Gasteiger partial charge in [0.1, 0.15) is 23.8 Å². The van der Waals surface area contributed by atoms with Crippen LogP contribution in [0.5, 0.6) is 0 Å². The standard InChI is InChI=1S/C38H52N6O8/c1-7-12-27(33(46)36(49)42-28(38(51)52)19-24-13-10-9-11-14-24)41-35(48)32-25(8-2)15-18-44(32)37(50)31(23(5)6)43-34(47)26(22(3)4)20-30(45)29-21-39-16-17-40-29/h9-11,13-14,16-17,21-23,25-28,31-32H,7-8,12,15,18-20H2,1-6H3,(H,41,48)(H,42,49)(H,43,47)(H,51,52)/t25?,26-,27?,28-,31-,32-/m0/s1. The average molecular weight is 721 g/mol. The zero-order valence-corrected chi connectivity index (χ0v) is 30.8. The highest BCUT2D eigenvalue weighted by Gasteiger charge is 2.45. The first-order valence-electron chi connectivity index (χ1n) is 18.0. The molecule has 3 rings (SSSR count). The van der Waals surface area contributed by atoms with Crippen LogP contribution in [-0.2, 0) is 35.2 Å². The summed E-state index contributed by atoms with van der Waals surface area (Å²) in [5.74, 6) is -6.96. The number of hydrogen-bond acceptors (Lipinski definition) is 9. The molecule has 0 radical (unpaired) electrons. The third kappa shape index (κ3) is 11.0. The molecule has 0 bridgehead atoms. The van der Waals surface area contributed by atoms with Crippen molar-refractivity contribution in [1.29, 1.82) is 0 Å². The van der Waals surface area contributed by atoms with Crippen molar-refractivity contribution in [2.75, 3.05) is 6.54 Å². The number of benzene rings is 1. The van der Waals surface area contributed by atoms with Gasteiger partial charge in [-0.2, -0.15) is 0 Å². The van der Waals surface area contributed by atoms with Gasteiger partial charge < -0.3 is 26.0 Å². The first-order chi connectivity index (χ1) is 24.7. The summed E-state index contributed by atoms with van der Waals surface area (Å²) < 4.78 is 0. The lowest BCUT2D eigenvalue weighted by Gasteiger charge is -2.33. The van der Waals surface area contributed by atoms with Gasteiger partial charge in [-0.1, -0.05) is 84.7 Å². The molecule has 6 atom stereocenters. The molecule has 1 aliphatic rings. The van der Waals surface area contributed by atoms with Gasteiger partial charge in [0.25, 0.3) is 5.91 Å². The molecule has 1 aromatic heterocycles. The summed E-state index contributed by atoms with van der Waals surface area (Å²) in [7, 11) is 0. The molecule has 52 heavy (non-hydrogen) atoms. The summed E-state index contributed by atoms with van der Waals surface area (Å²) in [5, 5.41) is 17.6. The molecule has 2 heterocycles. The van der Waals surface area contributed by atoms with Crippen molar-refractivity contribution in [2.45, 2.75) is 104 Å². The fourth-order valence-electron chi connectivity index (χ4n) is 6.47. The van der Waals surface area contributed by atoms with Crippen LogP contribution in [0.1, 0.15) is 89.7 Å². The number of likely N-dealkylation sites (tertiary alicyclic amines) is 1. The van der Waals surface area contributed by atoms with Crippen LogP contribution in [0.4, 0.5) is 0 Å². The van der Waals surface area contributed by atoms with E-state index < -0.39 is 65.5 Å². The number of aromatic nitrogens is 2. The number of nitrogens with zero attached hydrogens (tertiary/aromatic N) is 3. The van der Waals surface area contributed by atoms with Crippen molar-refractivity contribution >= 4 is 41.2 Å². The minimum absolute atomic E-state index is 0.0409. The highest BCUT2D eigenvalue weighted by Crippen LogP contribution is 2.29. The number of ketones is 2. The molecular formula is C38H52N6O8. The van der Waals surface area contributed by atoms with Crippen LogP contribution < -0.4 is 16.0 Å². The van der Waals surface area contributed by atoms with Crippen molar-refractivity contribution in [3.05, 3.63) is 60.2 Å². The summed E-state index contributed by atoms with van der Waals surface area (Å²) >= 11 is 0. The fraction of sp³-hybridized carbons (Fsp3) is 0.553. The maximum absolute atomic E-state index is 14.2. The molecule has 1 aliphatic heterocycles. The minimum Gasteiger partial charge on any atom is -0.480 e. The lowest BCUT2D eigenvalue weighted by molar-refractivity contribution is -0.146. The van der Waals surface area contributed by atoms with Gasteiger partial charge in [0, 0.05) is 37.7 Å². The van der Waals surface area contributed by atoms with Gasteiger partial charge in [-0.3, -0.25) is 33.8 Å². The first kappa shape index (κ1) is 41.4. The van der Waals surface area contributed by atoms with Crippen LogP contribution in [0.2, 0.25) is 0 Å². The van der Waals surface area contributed by atoms with Crippen molar-refractivity contribution in [3.63, 3.8) is 0 Å². The third-order valence-electron chi connectivity index (χ3n) is 9.55. The normalized spacial score (nSPS) is 17.9. The SMILES string of the molecule is CCCC(NC(=O)[C@@H]1C(CC)CCN1C(=O)[C@@H](NC(=O)[C@@H](CC(=O)c1cnccn1)C(C)C)C(C)C)C(=O)C(=O)N[C@@H](Cc1ccccc1)C(=O)O. The van der Waals surface area contributed by atoms with Crippen molar-refractivity contribution in [1.82, 2.24) is 30.8 Å². The fourth-order valence-corrected chi connectivity index (χ4v) is 6.47. The van der Waals surface area contributed by atoms with Crippen molar-refractivity contribution in [3.8, 4) is 0 Å². The molecule has 4 N–H and O–H groups in total. The number of amides is 4. The Bertz CT molecular complexity index is 1570. The average Bonchev–Trinajstić information content (AvgIpc) is 3.56. The summed E-state index contributed by atoms with van der Waals surface area (Å²) in [6, 6.07) is 4.06. The predicted molar refractivity (Wildman–Crippen MR) is 192 cm³/mol. The third-order valence-corrected chi connectivity index (χ3v) is 9.55. The van der Waals surface area contributed by atoms with Crippen LogP contribution >= 0.6 is 0 Å². The maximum atomic E-state index is 14.2. The van der Waals surface area contributed by atoms with Crippen LogP contribution in [0.25, 0.3) is 0 Å². The minimum atomic E-state index is -1.37. The highest BCUT2D eigenvalue weighted by molar-refractivity contribution is 6.38. The largest absolute Gasteiger partial charge is 0.480 e. The van der Waals surface area contributed by atoms with E-state index in [1.807, 2.05) is 20.8 Å². The quantitative estimate of drug-likeness (QED) is 0.123. The van der Waals surface area contributed by atoms with E-state index in [4.69, 9.17) is 0 Å². The van der Waals surface area contributed by atoms with E-state index in [1.165, 1.54) is 23.5 Å². The van der Waals surface area contributed by atoms with Gasteiger partial charge in [-0.15, -0.1) is 0 Å². The second kappa shape index (κ2) is 19.6. The number of carbonyl (C=O) groups excluding carboxylic acids is 6. The van der Waals surface area contributed by atoms with Gasteiger partial charge in [0.05, 0.1) is 12.2 Å². The number of carbonyl (C=O) groups is 7. The van der Waals surface area contributed by atoms with Gasteiger partial charge in [-0.05, 0) is 36.2 Å². The van der Waals surface area contributed by atoms with Crippen LogP contribution in [0, 0.1) is 23.7 Å². The van der Waals surface area contributed by atoms with E-state index >= 15 is 0 Å². The molecule has 1 fully saturated rings. The monoisotopic (exact) mass is 720 g/mol. The van der Waals surface area contributed by atoms with E-state index in [-0.39, 0.29) is 55.0 Å². The summed E-state index contributed by atoms with van der Waals surface area (Å²) in [6.07, 6.45) is 5.60. The predicted octanol–water partition coefficient (Wildman–Crippen LogP) is 2.76. The molecule has 2 unspecified atom stereocenters. The Labute approximate surface area is 304 Å². The summed E-state index contributed by atoms with van der Waals surface area (Å²) in [4.78, 5) is 102. The molecular weight excluding hydrogens is 668 g/mol. The van der Waals surface area contributed by atoms with Gasteiger partial charge in [0.2, 0.25) is 23.5 Å². The molecule has 282 valence electrons. The number of nitrogens with one attached hydrogen (secondary N) is 3. The Morgan fingerprint density at radius 3 is 2.15 bits per heavy atom. The molecule has 0 spiro atoms.